The lowest BCUT2D eigenvalue weighted by atomic mass is 10.5. The smallest absolute Gasteiger partial charge is 0.195 e. The summed E-state index contributed by atoms with van der Waals surface area (Å²) in [5, 5.41) is 0. The first-order valence-corrected chi connectivity index (χ1v) is 3.65. The molecule has 2 aromatic heterocycles. The maximum absolute atomic E-state index is 4.11. The maximum Gasteiger partial charge on any atom is 0.195 e. The summed E-state index contributed by atoms with van der Waals surface area (Å²) in [6.45, 7) is 1.94. The third-order valence-corrected chi connectivity index (χ3v) is 1.48. The summed E-state index contributed by atoms with van der Waals surface area (Å²) in [6, 6.07) is 1.78. The van der Waals surface area contributed by atoms with Crippen LogP contribution in [-0.4, -0.2) is 19.9 Å². The van der Waals surface area contributed by atoms with E-state index in [0.717, 1.165) is 5.69 Å². The van der Waals surface area contributed by atoms with Crippen molar-refractivity contribution in [3.8, 4) is 11.6 Å². The Kier molecular flexibility index (Phi) is 1.59. The summed E-state index contributed by atoms with van der Waals surface area (Å²) < 4.78 is 0. The van der Waals surface area contributed by atoms with Crippen molar-refractivity contribution in [2.24, 2.45) is 0 Å². The predicted octanol–water partition coefficient (Wildman–Crippen LogP) is 1.18. The molecule has 12 heavy (non-hydrogen) atoms. The van der Waals surface area contributed by atoms with Crippen molar-refractivity contribution in [3.63, 3.8) is 0 Å². The van der Waals surface area contributed by atoms with Crippen LogP contribution in [0.3, 0.4) is 0 Å². The molecule has 0 aliphatic rings. The molecule has 0 atom stereocenters. The molecule has 60 valence electrons. The predicted molar refractivity (Wildman–Crippen MR) is 44.4 cm³/mol. The van der Waals surface area contributed by atoms with Crippen molar-refractivity contribution in [2.45, 2.75) is 6.92 Å². The number of H-pyrrole nitrogens is 1. The quantitative estimate of drug-likeness (QED) is 0.681. The van der Waals surface area contributed by atoms with Gasteiger partial charge in [0.2, 0.25) is 0 Å². The van der Waals surface area contributed by atoms with Crippen molar-refractivity contribution in [3.05, 3.63) is 30.4 Å². The normalized spacial score (nSPS) is 10.1. The molecule has 0 unspecified atom stereocenters. The minimum atomic E-state index is 0.630. The van der Waals surface area contributed by atoms with Gasteiger partial charge in [0.05, 0.1) is 0 Å². The Balaban J connectivity index is 2.45. The van der Waals surface area contributed by atoms with Gasteiger partial charge in [-0.15, -0.1) is 0 Å². The molecule has 0 aliphatic carbocycles. The van der Waals surface area contributed by atoms with Crippen LogP contribution in [0.15, 0.2) is 24.7 Å². The van der Waals surface area contributed by atoms with E-state index in [4.69, 9.17) is 0 Å². The Labute approximate surface area is 69.7 Å². The Morgan fingerprint density at radius 2 is 1.92 bits per heavy atom. The number of nitrogens with zero attached hydrogens (tertiary/aromatic N) is 3. The molecule has 0 spiro atoms. The van der Waals surface area contributed by atoms with Crippen molar-refractivity contribution >= 4 is 0 Å². The average Bonchev–Trinajstić information content (AvgIpc) is 2.54. The molecule has 0 aliphatic heterocycles. The molecular formula is C8H8N4. The molecule has 0 bridgehead atoms. The van der Waals surface area contributed by atoms with Gasteiger partial charge in [-0.3, -0.25) is 0 Å². The van der Waals surface area contributed by atoms with Crippen LogP contribution in [0.4, 0.5) is 0 Å². The zero-order valence-electron chi connectivity index (χ0n) is 6.65. The van der Waals surface area contributed by atoms with E-state index in [0.29, 0.717) is 11.6 Å². The third-order valence-electron chi connectivity index (χ3n) is 1.48. The van der Waals surface area contributed by atoms with Crippen molar-refractivity contribution in [1.82, 2.24) is 19.9 Å². The van der Waals surface area contributed by atoms with Crippen LogP contribution in [-0.2, 0) is 0 Å². The third kappa shape index (κ3) is 1.18. The lowest BCUT2D eigenvalue weighted by Gasteiger charge is -1.91. The van der Waals surface area contributed by atoms with Gasteiger partial charge in [-0.1, -0.05) is 0 Å². The molecule has 0 fully saturated rings. The highest BCUT2D eigenvalue weighted by Crippen LogP contribution is 2.07. The Hall–Kier alpha value is -1.71. The highest BCUT2D eigenvalue weighted by molar-refractivity contribution is 5.42. The number of rotatable bonds is 1. The van der Waals surface area contributed by atoms with Crippen LogP contribution in [0.5, 0.6) is 0 Å². The summed E-state index contributed by atoms with van der Waals surface area (Å²) in [4.78, 5) is 15.3. The van der Waals surface area contributed by atoms with E-state index < -0.39 is 0 Å². The number of hydrogen-bond donors (Lipinski definition) is 1. The molecule has 0 saturated heterocycles. The van der Waals surface area contributed by atoms with Crippen LogP contribution in [0, 0.1) is 6.92 Å². The van der Waals surface area contributed by atoms with E-state index in [1.807, 2.05) is 6.92 Å². The molecule has 2 heterocycles. The van der Waals surface area contributed by atoms with E-state index in [2.05, 4.69) is 19.9 Å². The Bertz CT molecular complexity index is 366. The second-order valence-electron chi connectivity index (χ2n) is 2.49. The van der Waals surface area contributed by atoms with Gasteiger partial charge in [-0.25, -0.2) is 15.0 Å². The van der Waals surface area contributed by atoms with Gasteiger partial charge < -0.3 is 4.98 Å². The Morgan fingerprint density at radius 1 is 1.17 bits per heavy atom. The highest BCUT2D eigenvalue weighted by Gasteiger charge is 2.01. The van der Waals surface area contributed by atoms with Crippen molar-refractivity contribution in [1.29, 1.82) is 0 Å². The topological polar surface area (TPSA) is 54.5 Å². The summed E-state index contributed by atoms with van der Waals surface area (Å²) >= 11 is 0. The lowest BCUT2D eigenvalue weighted by molar-refractivity contribution is 1.11. The van der Waals surface area contributed by atoms with Gasteiger partial charge in [0.1, 0.15) is 0 Å². The number of imidazole rings is 1. The number of hydrogen-bond acceptors (Lipinski definition) is 3. The molecular weight excluding hydrogens is 152 g/mol. The largest absolute Gasteiger partial charge is 0.339 e. The van der Waals surface area contributed by atoms with Gasteiger partial charge in [0, 0.05) is 24.3 Å². The SMILES string of the molecule is Cc1cnc(-c2ncccn2)[nH]1. The van der Waals surface area contributed by atoms with Crippen LogP contribution < -0.4 is 0 Å². The molecule has 2 aromatic rings. The van der Waals surface area contributed by atoms with Crippen LogP contribution >= 0.6 is 0 Å². The molecule has 2 rings (SSSR count). The summed E-state index contributed by atoms with van der Waals surface area (Å²) in [5.74, 6) is 1.35. The van der Waals surface area contributed by atoms with Gasteiger partial charge in [0.15, 0.2) is 11.6 Å². The van der Waals surface area contributed by atoms with Crippen LogP contribution in [0.1, 0.15) is 5.69 Å². The van der Waals surface area contributed by atoms with Gasteiger partial charge >= 0.3 is 0 Å². The summed E-state index contributed by atoms with van der Waals surface area (Å²) in [6.07, 6.45) is 5.14. The van der Waals surface area contributed by atoms with E-state index in [1.165, 1.54) is 0 Å². The number of aryl methyl sites for hydroxylation is 1. The molecule has 0 radical (unpaired) electrons. The van der Waals surface area contributed by atoms with E-state index >= 15 is 0 Å². The molecule has 0 aromatic carbocycles. The Morgan fingerprint density at radius 3 is 2.50 bits per heavy atom. The standard InChI is InChI=1S/C8H8N4/c1-6-5-11-8(12-6)7-9-3-2-4-10-7/h2-5H,1H3,(H,11,12). The fourth-order valence-electron chi connectivity index (χ4n) is 0.948. The fraction of sp³-hybridized carbons (Fsp3) is 0.125. The number of nitrogens with one attached hydrogen (secondary N) is 1. The summed E-state index contributed by atoms with van der Waals surface area (Å²) in [7, 11) is 0. The average molecular weight is 160 g/mol. The van der Waals surface area contributed by atoms with E-state index in [-0.39, 0.29) is 0 Å². The molecule has 0 amide bonds. The minimum absolute atomic E-state index is 0.630. The second kappa shape index (κ2) is 2.73. The second-order valence-corrected chi connectivity index (χ2v) is 2.49. The van der Waals surface area contributed by atoms with Crippen LogP contribution in [0.2, 0.25) is 0 Å². The zero-order valence-corrected chi connectivity index (χ0v) is 6.65. The van der Waals surface area contributed by atoms with Gasteiger partial charge in [-0.2, -0.15) is 0 Å². The first-order chi connectivity index (χ1) is 5.86. The highest BCUT2D eigenvalue weighted by atomic mass is 15.0. The van der Waals surface area contributed by atoms with Gasteiger partial charge in [-0.05, 0) is 13.0 Å². The maximum atomic E-state index is 4.11. The number of aromatic amines is 1. The first kappa shape index (κ1) is 6.97. The first-order valence-electron chi connectivity index (χ1n) is 3.65. The van der Waals surface area contributed by atoms with E-state index in [1.54, 1.807) is 24.7 Å². The lowest BCUT2D eigenvalue weighted by Crippen LogP contribution is -1.88. The molecule has 4 nitrogen and oxygen atoms in total. The minimum Gasteiger partial charge on any atom is -0.339 e. The van der Waals surface area contributed by atoms with Gasteiger partial charge in [0.25, 0.3) is 0 Å². The summed E-state index contributed by atoms with van der Waals surface area (Å²) in [5.41, 5.74) is 1.01. The molecule has 1 N–H and O–H groups in total. The fourth-order valence-corrected chi connectivity index (χ4v) is 0.948. The van der Waals surface area contributed by atoms with Crippen molar-refractivity contribution in [2.75, 3.05) is 0 Å². The van der Waals surface area contributed by atoms with Crippen molar-refractivity contribution < 1.29 is 0 Å². The monoisotopic (exact) mass is 160 g/mol. The molecule has 4 heteroatoms. The van der Waals surface area contributed by atoms with Crippen LogP contribution in [0.25, 0.3) is 11.6 Å². The molecule has 0 saturated carbocycles. The van der Waals surface area contributed by atoms with E-state index in [9.17, 15) is 0 Å². The number of aromatic nitrogens is 4. The zero-order chi connectivity index (χ0) is 8.39.